The Hall–Kier alpha value is -2.74. The van der Waals surface area contributed by atoms with E-state index >= 15 is 0 Å². The van der Waals surface area contributed by atoms with Crippen LogP contribution in [-0.4, -0.2) is 49.8 Å². The number of amides is 1. The molecule has 2 aromatic rings. The van der Waals surface area contributed by atoms with Crippen LogP contribution < -0.4 is 10.2 Å². The third-order valence-electron chi connectivity index (χ3n) is 4.96. The van der Waals surface area contributed by atoms with Gasteiger partial charge < -0.3 is 19.9 Å². The summed E-state index contributed by atoms with van der Waals surface area (Å²) in [6.45, 7) is 1.52. The van der Waals surface area contributed by atoms with E-state index in [4.69, 9.17) is 4.74 Å². The Kier molecular flexibility index (Phi) is 4.89. The van der Waals surface area contributed by atoms with Crippen molar-refractivity contribution in [1.29, 1.82) is 0 Å². The van der Waals surface area contributed by atoms with Gasteiger partial charge in [0, 0.05) is 24.5 Å². The summed E-state index contributed by atoms with van der Waals surface area (Å²) in [6.07, 6.45) is -5.38. The molecule has 2 aliphatic rings. The van der Waals surface area contributed by atoms with Crippen molar-refractivity contribution in [2.24, 2.45) is 0 Å². The van der Waals surface area contributed by atoms with Crippen molar-refractivity contribution in [2.75, 3.05) is 43.1 Å². The van der Waals surface area contributed by atoms with Crippen LogP contribution in [0.4, 0.5) is 24.5 Å². The second kappa shape index (κ2) is 7.35. The molecule has 1 N–H and O–H groups in total. The fourth-order valence-electron chi connectivity index (χ4n) is 3.60. The normalized spacial score (nSPS) is 20.0. The average molecular weight is 391 g/mol. The van der Waals surface area contributed by atoms with Gasteiger partial charge in [-0.3, -0.25) is 4.79 Å². The molecule has 0 unspecified atom stereocenters. The molecule has 1 fully saturated rings. The highest BCUT2D eigenvalue weighted by Crippen LogP contribution is 2.35. The lowest BCUT2D eigenvalue weighted by molar-refractivity contribution is -0.144. The number of nitrogens with one attached hydrogen (secondary N) is 1. The molecule has 0 bridgehead atoms. The van der Waals surface area contributed by atoms with E-state index in [0.717, 1.165) is 23.7 Å². The Morgan fingerprint density at radius 3 is 2.39 bits per heavy atom. The maximum absolute atomic E-state index is 13.1. The average Bonchev–Trinajstić information content (AvgIpc) is 2.70. The van der Waals surface area contributed by atoms with Gasteiger partial charge in [0.25, 0.3) is 5.91 Å². The minimum Gasteiger partial charge on any atom is -0.378 e. The summed E-state index contributed by atoms with van der Waals surface area (Å²) in [5, 5.41) is 3.09. The lowest BCUT2D eigenvalue weighted by Crippen LogP contribution is -2.47. The lowest BCUT2D eigenvalue weighted by atomic mass is 10.0. The first-order valence-electron chi connectivity index (χ1n) is 9.08. The van der Waals surface area contributed by atoms with Crippen molar-refractivity contribution in [2.45, 2.75) is 12.3 Å². The van der Waals surface area contributed by atoms with E-state index in [9.17, 15) is 18.0 Å². The van der Waals surface area contributed by atoms with E-state index in [1.54, 1.807) is 30.3 Å². The Balaban J connectivity index is 1.64. The summed E-state index contributed by atoms with van der Waals surface area (Å²) < 4.78 is 44.8. The zero-order valence-corrected chi connectivity index (χ0v) is 15.1. The highest BCUT2D eigenvalue weighted by atomic mass is 19.4. The second-order valence-corrected chi connectivity index (χ2v) is 6.83. The molecule has 0 aliphatic carbocycles. The molecule has 8 heteroatoms. The van der Waals surface area contributed by atoms with E-state index in [1.807, 2.05) is 12.1 Å². The first-order chi connectivity index (χ1) is 13.4. The van der Waals surface area contributed by atoms with Crippen LogP contribution >= 0.6 is 0 Å². The van der Waals surface area contributed by atoms with Gasteiger partial charge in [-0.2, -0.15) is 13.2 Å². The van der Waals surface area contributed by atoms with E-state index in [0.29, 0.717) is 24.5 Å². The van der Waals surface area contributed by atoms with Crippen molar-refractivity contribution >= 4 is 17.3 Å². The largest absolute Gasteiger partial charge is 0.406 e. The number of carbonyl (C=O) groups is 1. The number of hydrogen-bond donors (Lipinski definition) is 1. The number of para-hydroxylation sites is 1. The fourth-order valence-corrected chi connectivity index (χ4v) is 3.60. The number of carbonyl (C=O) groups excluding carboxylic acids is 1. The second-order valence-electron chi connectivity index (χ2n) is 6.83. The molecule has 1 atom stereocenters. The number of rotatable bonds is 3. The van der Waals surface area contributed by atoms with Gasteiger partial charge in [-0.25, -0.2) is 0 Å². The quantitative estimate of drug-likeness (QED) is 0.868. The molecular formula is C20H20F3N3O2. The van der Waals surface area contributed by atoms with Gasteiger partial charge in [0.2, 0.25) is 0 Å². The van der Waals surface area contributed by atoms with Crippen molar-refractivity contribution in [3.63, 3.8) is 0 Å². The van der Waals surface area contributed by atoms with Crippen LogP contribution in [0.3, 0.4) is 0 Å². The predicted octanol–water partition coefficient (Wildman–Crippen LogP) is 3.65. The summed E-state index contributed by atoms with van der Waals surface area (Å²) in [7, 11) is 0. The van der Waals surface area contributed by atoms with Crippen LogP contribution in [0.25, 0.3) is 0 Å². The highest BCUT2D eigenvalue weighted by Gasteiger charge is 2.40. The van der Waals surface area contributed by atoms with Gasteiger partial charge in [0.05, 0.1) is 18.8 Å². The summed E-state index contributed by atoms with van der Waals surface area (Å²) in [4.78, 5) is 15.8. The molecule has 2 aromatic carbocycles. The van der Waals surface area contributed by atoms with Gasteiger partial charge in [0.15, 0.2) is 0 Å². The third kappa shape index (κ3) is 3.77. The maximum atomic E-state index is 13.1. The molecule has 1 amide bonds. The number of ether oxygens (including phenoxy) is 1. The maximum Gasteiger partial charge on any atom is 0.406 e. The van der Waals surface area contributed by atoms with Crippen LogP contribution in [0.5, 0.6) is 0 Å². The van der Waals surface area contributed by atoms with Gasteiger partial charge in [-0.15, -0.1) is 0 Å². The summed E-state index contributed by atoms with van der Waals surface area (Å²) in [5.74, 6) is -0.631. The van der Waals surface area contributed by atoms with Crippen LogP contribution in [-0.2, 0) is 4.74 Å². The molecule has 148 valence electrons. The lowest BCUT2D eigenvalue weighted by Gasteiger charge is -2.38. The number of hydrogen-bond acceptors (Lipinski definition) is 4. The first kappa shape index (κ1) is 18.6. The molecule has 2 aliphatic heterocycles. The predicted molar refractivity (Wildman–Crippen MR) is 99.4 cm³/mol. The summed E-state index contributed by atoms with van der Waals surface area (Å²) in [6, 6.07) is 13.9. The topological polar surface area (TPSA) is 44.8 Å². The Labute approximate surface area is 160 Å². The monoisotopic (exact) mass is 391 g/mol. The summed E-state index contributed by atoms with van der Waals surface area (Å²) in [5.41, 5.74) is 2.36. The van der Waals surface area contributed by atoms with E-state index in [2.05, 4.69) is 10.2 Å². The zero-order chi connectivity index (χ0) is 19.7. The molecule has 1 saturated heterocycles. The van der Waals surface area contributed by atoms with Crippen molar-refractivity contribution in [3.8, 4) is 0 Å². The number of anilines is 2. The number of benzene rings is 2. The van der Waals surface area contributed by atoms with Crippen molar-refractivity contribution < 1.29 is 22.7 Å². The zero-order valence-electron chi connectivity index (χ0n) is 15.1. The molecule has 28 heavy (non-hydrogen) atoms. The number of morpholine rings is 1. The smallest absolute Gasteiger partial charge is 0.378 e. The van der Waals surface area contributed by atoms with Crippen molar-refractivity contribution in [3.05, 3.63) is 59.7 Å². The number of nitrogens with zero attached hydrogens (tertiary/aromatic N) is 2. The molecule has 5 nitrogen and oxygen atoms in total. The van der Waals surface area contributed by atoms with Gasteiger partial charge in [-0.05, 0) is 29.8 Å². The van der Waals surface area contributed by atoms with Crippen LogP contribution in [0, 0.1) is 0 Å². The standard InChI is InChI=1S/C20H20F3N3O2/c21-20(22,23)13-26-18(24-17-4-2-1-3-16(17)19(26)27)14-5-7-15(8-6-14)25-9-11-28-12-10-25/h1-8,18,24H,9-13H2/t18-/m1/s1. The third-order valence-corrected chi connectivity index (χ3v) is 4.96. The molecule has 0 saturated carbocycles. The van der Waals surface area contributed by atoms with Gasteiger partial charge >= 0.3 is 6.18 Å². The van der Waals surface area contributed by atoms with Gasteiger partial charge in [-0.1, -0.05) is 24.3 Å². The minimum absolute atomic E-state index is 0.243. The van der Waals surface area contributed by atoms with Crippen molar-refractivity contribution in [1.82, 2.24) is 4.90 Å². The molecule has 2 heterocycles. The molecule has 0 spiro atoms. The van der Waals surface area contributed by atoms with Crippen LogP contribution in [0.2, 0.25) is 0 Å². The molecule has 4 rings (SSSR count). The SMILES string of the molecule is O=C1c2ccccc2N[C@@H](c2ccc(N3CCOCC3)cc2)N1CC(F)(F)F. The molecule has 0 aromatic heterocycles. The Morgan fingerprint density at radius 1 is 1.04 bits per heavy atom. The number of alkyl halides is 3. The Bertz CT molecular complexity index is 849. The first-order valence-corrected chi connectivity index (χ1v) is 9.08. The summed E-state index contributed by atoms with van der Waals surface area (Å²) >= 11 is 0. The van der Waals surface area contributed by atoms with E-state index in [1.165, 1.54) is 6.07 Å². The number of fused-ring (bicyclic) bond motifs is 1. The van der Waals surface area contributed by atoms with Crippen LogP contribution in [0.1, 0.15) is 22.1 Å². The molecule has 0 radical (unpaired) electrons. The highest BCUT2D eigenvalue weighted by molar-refractivity contribution is 6.01. The number of halogens is 3. The van der Waals surface area contributed by atoms with Crippen LogP contribution in [0.15, 0.2) is 48.5 Å². The fraction of sp³-hybridized carbons (Fsp3) is 0.350. The Morgan fingerprint density at radius 2 is 1.71 bits per heavy atom. The van der Waals surface area contributed by atoms with E-state index in [-0.39, 0.29) is 5.56 Å². The van der Waals surface area contributed by atoms with E-state index < -0.39 is 24.8 Å². The van der Waals surface area contributed by atoms with Gasteiger partial charge in [0.1, 0.15) is 12.7 Å². The molecular weight excluding hydrogens is 371 g/mol. The minimum atomic E-state index is -4.49.